The first kappa shape index (κ1) is 24.7. The Morgan fingerprint density at radius 2 is 1.91 bits per heavy atom. The third kappa shape index (κ3) is 5.89. The largest absolute Gasteiger partial charge is 0.465 e. The number of nitrogens with zero attached hydrogens (tertiary/aromatic N) is 3. The van der Waals surface area contributed by atoms with Crippen LogP contribution in [0.1, 0.15) is 32.3 Å². The second-order valence-corrected chi connectivity index (χ2v) is 7.82. The average Bonchev–Trinajstić information content (AvgIpc) is 3.30. The van der Waals surface area contributed by atoms with Crippen molar-refractivity contribution in [2.24, 2.45) is 10.9 Å². The highest BCUT2D eigenvalue weighted by molar-refractivity contribution is 6.31. The van der Waals surface area contributed by atoms with Crippen LogP contribution in [0.25, 0.3) is 0 Å². The minimum absolute atomic E-state index is 0.0800. The van der Waals surface area contributed by atoms with Crippen LogP contribution < -0.4 is 0 Å². The topological polar surface area (TPSA) is 92.0 Å². The van der Waals surface area contributed by atoms with E-state index in [0.29, 0.717) is 35.1 Å². The first-order chi connectivity index (χ1) is 16.0. The molecule has 0 amide bonds. The molecule has 2 unspecified atom stereocenters. The minimum Gasteiger partial charge on any atom is -0.465 e. The summed E-state index contributed by atoms with van der Waals surface area (Å²) in [6.07, 6.45) is 5.24. The van der Waals surface area contributed by atoms with E-state index >= 15 is 0 Å². The van der Waals surface area contributed by atoms with Gasteiger partial charge in [0.15, 0.2) is 0 Å². The van der Waals surface area contributed by atoms with Crippen LogP contribution >= 0.6 is 11.6 Å². The molecule has 2 atom stereocenters. The number of carbonyl (C=O) groups is 2. The van der Waals surface area contributed by atoms with Gasteiger partial charge in [0.25, 0.3) is 0 Å². The molecule has 33 heavy (non-hydrogen) atoms. The van der Waals surface area contributed by atoms with Gasteiger partial charge < -0.3 is 18.8 Å². The summed E-state index contributed by atoms with van der Waals surface area (Å²) in [6.45, 7) is 6.67. The van der Waals surface area contributed by atoms with Crippen molar-refractivity contribution in [1.82, 2.24) is 9.55 Å². The van der Waals surface area contributed by atoms with Crippen molar-refractivity contribution in [1.29, 1.82) is 0 Å². The standard InChI is InChI=1S/C24H28ClN3O5/c1-4-32-23(29)20-16(3)27-19(14-31-13-12-28-11-10-26-15-28)22(24(30)33-5-2)21(20)17-8-6-7-9-18(17)25/h6-11,15,20-21H,4-5,12-14H2,1-3H3. The van der Waals surface area contributed by atoms with Gasteiger partial charge in [-0.3, -0.25) is 9.79 Å². The fraction of sp³-hybridized carbons (Fsp3) is 0.417. The Bertz CT molecular complexity index is 1030. The Morgan fingerprint density at radius 1 is 1.15 bits per heavy atom. The van der Waals surface area contributed by atoms with Gasteiger partial charge in [-0.1, -0.05) is 29.8 Å². The number of hydrogen-bond acceptors (Lipinski definition) is 7. The van der Waals surface area contributed by atoms with Crippen molar-refractivity contribution in [3.63, 3.8) is 0 Å². The predicted octanol–water partition coefficient (Wildman–Crippen LogP) is 3.81. The number of aromatic nitrogens is 2. The van der Waals surface area contributed by atoms with Gasteiger partial charge in [-0.2, -0.15) is 0 Å². The quantitative estimate of drug-likeness (QED) is 0.385. The highest BCUT2D eigenvalue weighted by atomic mass is 35.5. The Hall–Kier alpha value is -2.97. The first-order valence-electron chi connectivity index (χ1n) is 10.9. The van der Waals surface area contributed by atoms with E-state index < -0.39 is 23.8 Å². The van der Waals surface area contributed by atoms with Crippen LogP contribution in [0.3, 0.4) is 0 Å². The maximum atomic E-state index is 13.1. The number of ether oxygens (including phenoxy) is 3. The number of rotatable bonds is 10. The molecular formula is C24H28ClN3O5. The van der Waals surface area contributed by atoms with Crippen molar-refractivity contribution in [3.05, 3.63) is 64.8 Å². The molecule has 0 bridgehead atoms. The minimum atomic E-state index is -0.807. The zero-order chi connectivity index (χ0) is 23.8. The smallest absolute Gasteiger partial charge is 0.336 e. The monoisotopic (exact) mass is 473 g/mol. The second-order valence-electron chi connectivity index (χ2n) is 7.42. The molecule has 8 nitrogen and oxygen atoms in total. The van der Waals surface area contributed by atoms with E-state index in [0.717, 1.165) is 0 Å². The van der Waals surface area contributed by atoms with E-state index in [9.17, 15) is 9.59 Å². The van der Waals surface area contributed by atoms with Gasteiger partial charge in [-0.05, 0) is 32.4 Å². The zero-order valence-electron chi connectivity index (χ0n) is 19.0. The highest BCUT2D eigenvalue weighted by Crippen LogP contribution is 2.42. The molecule has 9 heteroatoms. The summed E-state index contributed by atoms with van der Waals surface area (Å²) in [6, 6.07) is 7.14. The van der Waals surface area contributed by atoms with Crippen LogP contribution in [0.2, 0.25) is 5.02 Å². The van der Waals surface area contributed by atoms with Gasteiger partial charge >= 0.3 is 11.9 Å². The normalized spacial score (nSPS) is 18.1. The number of aliphatic imine (C=N–C) groups is 1. The summed E-state index contributed by atoms with van der Waals surface area (Å²) < 4.78 is 18.4. The van der Waals surface area contributed by atoms with Crippen LogP contribution in [0.4, 0.5) is 0 Å². The van der Waals surface area contributed by atoms with Gasteiger partial charge in [0.05, 0.1) is 44.0 Å². The number of benzene rings is 1. The third-order valence-electron chi connectivity index (χ3n) is 5.28. The number of hydrogen-bond donors (Lipinski definition) is 0. The molecule has 0 saturated heterocycles. The Kier molecular flexibility index (Phi) is 8.79. The molecule has 1 aliphatic heterocycles. The average molecular weight is 474 g/mol. The van der Waals surface area contributed by atoms with Crippen LogP contribution in [0.15, 0.2) is 59.2 Å². The lowest BCUT2D eigenvalue weighted by molar-refractivity contribution is -0.146. The molecule has 0 aliphatic carbocycles. The Morgan fingerprint density at radius 3 is 2.58 bits per heavy atom. The predicted molar refractivity (Wildman–Crippen MR) is 124 cm³/mol. The lowest BCUT2D eigenvalue weighted by Crippen LogP contribution is -2.37. The molecule has 176 valence electrons. The van der Waals surface area contributed by atoms with Gasteiger partial charge in [0.2, 0.25) is 0 Å². The molecule has 0 fully saturated rings. The summed E-state index contributed by atoms with van der Waals surface area (Å²) in [7, 11) is 0. The van der Waals surface area contributed by atoms with E-state index in [1.54, 1.807) is 51.5 Å². The summed E-state index contributed by atoms with van der Waals surface area (Å²) in [5.41, 5.74) is 1.84. The fourth-order valence-electron chi connectivity index (χ4n) is 3.85. The molecule has 1 aromatic heterocycles. The molecule has 1 aromatic carbocycles. The van der Waals surface area contributed by atoms with Crippen molar-refractivity contribution in [3.8, 4) is 0 Å². The van der Waals surface area contributed by atoms with Crippen molar-refractivity contribution in [2.45, 2.75) is 33.2 Å². The summed E-state index contributed by atoms with van der Waals surface area (Å²) in [4.78, 5) is 34.7. The van der Waals surface area contributed by atoms with E-state index in [1.165, 1.54) is 0 Å². The van der Waals surface area contributed by atoms with Crippen LogP contribution in [-0.4, -0.2) is 53.6 Å². The maximum Gasteiger partial charge on any atom is 0.336 e. The maximum absolute atomic E-state index is 13.1. The molecular weight excluding hydrogens is 446 g/mol. The van der Waals surface area contributed by atoms with Crippen molar-refractivity contribution in [2.75, 3.05) is 26.4 Å². The molecule has 0 N–H and O–H groups in total. The summed E-state index contributed by atoms with van der Waals surface area (Å²) in [5, 5.41) is 0.439. The molecule has 0 spiro atoms. The van der Waals surface area contributed by atoms with Crippen LogP contribution in [0, 0.1) is 5.92 Å². The zero-order valence-corrected chi connectivity index (χ0v) is 19.7. The molecule has 0 radical (unpaired) electrons. The first-order valence-corrected chi connectivity index (χ1v) is 11.3. The van der Waals surface area contributed by atoms with Gasteiger partial charge in [-0.25, -0.2) is 9.78 Å². The van der Waals surface area contributed by atoms with E-state index in [1.807, 2.05) is 16.8 Å². The number of halogens is 1. The van der Waals surface area contributed by atoms with Crippen molar-refractivity contribution < 1.29 is 23.8 Å². The van der Waals surface area contributed by atoms with Gasteiger partial charge in [0.1, 0.15) is 5.92 Å². The molecule has 1 aliphatic rings. The van der Waals surface area contributed by atoms with E-state index in [-0.39, 0.29) is 25.4 Å². The molecule has 0 saturated carbocycles. The van der Waals surface area contributed by atoms with Crippen molar-refractivity contribution >= 4 is 29.3 Å². The number of imidazole rings is 1. The summed E-state index contributed by atoms with van der Waals surface area (Å²) >= 11 is 6.52. The Labute approximate surface area is 198 Å². The lowest BCUT2D eigenvalue weighted by atomic mass is 9.75. The lowest BCUT2D eigenvalue weighted by Gasteiger charge is -2.32. The SMILES string of the molecule is CCOC(=O)C1=C(COCCn2ccnc2)N=C(C)C(C(=O)OCC)C1c1ccccc1Cl. The number of esters is 2. The van der Waals surface area contributed by atoms with E-state index in [2.05, 4.69) is 9.98 Å². The highest BCUT2D eigenvalue weighted by Gasteiger charge is 2.43. The summed E-state index contributed by atoms with van der Waals surface area (Å²) in [5.74, 6) is -2.53. The molecule has 2 aromatic rings. The third-order valence-corrected chi connectivity index (χ3v) is 5.63. The van der Waals surface area contributed by atoms with E-state index in [4.69, 9.17) is 25.8 Å². The Balaban J connectivity index is 2.01. The molecule has 3 rings (SSSR count). The second kappa shape index (κ2) is 11.8. The van der Waals surface area contributed by atoms with Gasteiger partial charge in [0, 0.05) is 35.6 Å². The molecule has 2 heterocycles. The van der Waals surface area contributed by atoms with Crippen LogP contribution in [-0.2, 0) is 30.3 Å². The van der Waals surface area contributed by atoms with Gasteiger partial charge in [-0.15, -0.1) is 0 Å². The fourth-order valence-corrected chi connectivity index (χ4v) is 4.11. The number of carbonyl (C=O) groups excluding carboxylic acids is 2. The van der Waals surface area contributed by atoms with Crippen LogP contribution in [0.5, 0.6) is 0 Å².